The van der Waals surface area contributed by atoms with Gasteiger partial charge in [-0.2, -0.15) is 0 Å². The second-order valence-corrected chi connectivity index (χ2v) is 2.31. The molecule has 0 heterocycles. The van der Waals surface area contributed by atoms with E-state index in [0.29, 0.717) is 0 Å². The quantitative estimate of drug-likeness (QED) is 0.372. The highest BCUT2D eigenvalue weighted by atomic mass is 35.5. The molecule has 12 heavy (non-hydrogen) atoms. The van der Waals surface area contributed by atoms with Crippen LogP contribution in [0, 0.1) is 10.8 Å². The fraction of sp³-hybridized carbons (Fsp3) is 0.667. The summed E-state index contributed by atoms with van der Waals surface area (Å²) in [6.07, 6.45) is 0.971. The summed E-state index contributed by atoms with van der Waals surface area (Å²) in [5.74, 6) is -0.0303. The van der Waals surface area contributed by atoms with Gasteiger partial charge in [-0.3, -0.25) is 16.1 Å². The van der Waals surface area contributed by atoms with Gasteiger partial charge in [0, 0.05) is 13.6 Å². The molecule has 5 N–H and O–H groups in total. The van der Waals surface area contributed by atoms with Crippen molar-refractivity contribution in [2.45, 2.75) is 13.3 Å². The highest BCUT2D eigenvalue weighted by Crippen LogP contribution is 1.84. The van der Waals surface area contributed by atoms with Gasteiger partial charge in [0.25, 0.3) is 0 Å². The van der Waals surface area contributed by atoms with Crippen LogP contribution in [0.25, 0.3) is 0 Å². The lowest BCUT2D eigenvalue weighted by atomic mass is 10.4. The smallest absolute Gasteiger partial charge is 0.197 e. The zero-order valence-corrected chi connectivity index (χ0v) is 8.16. The minimum absolute atomic E-state index is 0. The third-order valence-corrected chi connectivity index (χ3v) is 1.19. The molecule has 0 fully saturated rings. The van der Waals surface area contributed by atoms with Crippen LogP contribution in [0.15, 0.2) is 0 Å². The average Bonchev–Trinajstić information content (AvgIpc) is 1.86. The van der Waals surface area contributed by atoms with Crippen molar-refractivity contribution in [3.8, 4) is 0 Å². The molecule has 0 aromatic carbocycles. The first-order valence-electron chi connectivity index (χ1n) is 3.48. The molecule has 0 unspecified atom stereocenters. The van der Waals surface area contributed by atoms with Gasteiger partial charge in [0.2, 0.25) is 0 Å². The lowest BCUT2D eigenvalue weighted by molar-refractivity contribution is 0.486. The number of hydrogen-bond acceptors (Lipinski definition) is 2. The van der Waals surface area contributed by atoms with Crippen LogP contribution in [0.5, 0.6) is 0 Å². The maximum Gasteiger partial charge on any atom is 0.197 e. The van der Waals surface area contributed by atoms with E-state index in [1.54, 1.807) is 11.9 Å². The second-order valence-electron chi connectivity index (χ2n) is 2.31. The van der Waals surface area contributed by atoms with Crippen LogP contribution in [0.3, 0.4) is 0 Å². The van der Waals surface area contributed by atoms with Crippen LogP contribution < -0.4 is 11.1 Å². The Hall–Kier alpha value is -0.970. The molecule has 0 aliphatic carbocycles. The topological polar surface area (TPSA) is 89.0 Å². The maximum absolute atomic E-state index is 7.32. The standard InChI is InChI=1S/C6H15N5.ClH/c1-3-4-11(2)6(9)10-5(7)8;/h3-4H2,1-2H3,(H5,7,8,9,10);1H. The average molecular weight is 194 g/mol. The first-order valence-corrected chi connectivity index (χ1v) is 3.48. The summed E-state index contributed by atoms with van der Waals surface area (Å²) >= 11 is 0. The summed E-state index contributed by atoms with van der Waals surface area (Å²) in [5.41, 5.74) is 5.03. The number of hydrogen-bond donors (Lipinski definition) is 4. The van der Waals surface area contributed by atoms with Gasteiger partial charge in [-0.1, -0.05) is 6.92 Å². The van der Waals surface area contributed by atoms with E-state index in [4.69, 9.17) is 16.6 Å². The number of nitrogens with zero attached hydrogens (tertiary/aromatic N) is 1. The molecule has 5 nitrogen and oxygen atoms in total. The summed E-state index contributed by atoms with van der Waals surface area (Å²) < 4.78 is 0. The number of nitrogens with two attached hydrogens (primary N) is 1. The van der Waals surface area contributed by atoms with Crippen LogP contribution in [-0.2, 0) is 0 Å². The van der Waals surface area contributed by atoms with E-state index in [1.165, 1.54) is 0 Å². The molecule has 0 aliphatic heterocycles. The molecular weight excluding hydrogens is 178 g/mol. The van der Waals surface area contributed by atoms with Crippen molar-refractivity contribution < 1.29 is 0 Å². The largest absolute Gasteiger partial charge is 0.370 e. The maximum atomic E-state index is 7.32. The number of rotatable bonds is 2. The first-order chi connectivity index (χ1) is 5.07. The van der Waals surface area contributed by atoms with Crippen LogP contribution in [0.2, 0.25) is 0 Å². The van der Waals surface area contributed by atoms with Crippen molar-refractivity contribution >= 4 is 24.3 Å². The van der Waals surface area contributed by atoms with Gasteiger partial charge in [0.05, 0.1) is 0 Å². The monoisotopic (exact) mass is 193 g/mol. The number of guanidine groups is 2. The fourth-order valence-corrected chi connectivity index (χ4v) is 0.670. The van der Waals surface area contributed by atoms with E-state index in [0.717, 1.165) is 13.0 Å². The molecule has 0 radical (unpaired) electrons. The van der Waals surface area contributed by atoms with Gasteiger partial charge in [0.1, 0.15) is 0 Å². The molecule has 0 saturated heterocycles. The molecule has 0 rings (SSSR count). The van der Waals surface area contributed by atoms with Gasteiger partial charge in [-0.25, -0.2) is 0 Å². The van der Waals surface area contributed by atoms with Crippen LogP contribution in [0.4, 0.5) is 0 Å². The van der Waals surface area contributed by atoms with Crippen molar-refractivity contribution in [2.75, 3.05) is 13.6 Å². The van der Waals surface area contributed by atoms with E-state index in [2.05, 4.69) is 5.32 Å². The third kappa shape index (κ3) is 5.79. The Kier molecular flexibility index (Phi) is 7.62. The van der Waals surface area contributed by atoms with Gasteiger partial charge in [-0.05, 0) is 6.42 Å². The first kappa shape index (κ1) is 13.6. The van der Waals surface area contributed by atoms with Crippen molar-refractivity contribution in [1.29, 1.82) is 10.8 Å². The lowest BCUT2D eigenvalue weighted by Crippen LogP contribution is -2.44. The Morgan fingerprint density at radius 1 is 1.50 bits per heavy atom. The van der Waals surface area contributed by atoms with E-state index in [-0.39, 0.29) is 24.3 Å². The Morgan fingerprint density at radius 2 is 2.00 bits per heavy atom. The predicted molar refractivity (Wildman–Crippen MR) is 52.9 cm³/mol. The van der Waals surface area contributed by atoms with Crippen molar-refractivity contribution in [3.63, 3.8) is 0 Å². The highest BCUT2D eigenvalue weighted by molar-refractivity contribution is 5.94. The minimum atomic E-state index is -0.196. The van der Waals surface area contributed by atoms with Crippen LogP contribution in [0.1, 0.15) is 13.3 Å². The molecule has 0 spiro atoms. The summed E-state index contributed by atoms with van der Waals surface area (Å²) in [6, 6.07) is 0. The summed E-state index contributed by atoms with van der Waals surface area (Å²) in [5, 5.41) is 16.6. The zero-order valence-electron chi connectivity index (χ0n) is 7.35. The van der Waals surface area contributed by atoms with E-state index in [1.807, 2.05) is 6.92 Å². The second kappa shape index (κ2) is 6.72. The summed E-state index contributed by atoms with van der Waals surface area (Å²) in [6.45, 7) is 2.82. The van der Waals surface area contributed by atoms with Gasteiger partial charge >= 0.3 is 0 Å². The Morgan fingerprint density at radius 3 is 2.33 bits per heavy atom. The fourth-order valence-electron chi connectivity index (χ4n) is 0.670. The molecule has 0 aliphatic rings. The van der Waals surface area contributed by atoms with Gasteiger partial charge < -0.3 is 10.6 Å². The van der Waals surface area contributed by atoms with Gasteiger partial charge in [0.15, 0.2) is 11.9 Å². The van der Waals surface area contributed by atoms with Crippen molar-refractivity contribution in [1.82, 2.24) is 10.2 Å². The minimum Gasteiger partial charge on any atom is -0.370 e. The Balaban J connectivity index is 0. The van der Waals surface area contributed by atoms with E-state index in [9.17, 15) is 0 Å². The number of halogens is 1. The van der Waals surface area contributed by atoms with Crippen molar-refractivity contribution in [3.05, 3.63) is 0 Å². The summed E-state index contributed by atoms with van der Waals surface area (Å²) in [4.78, 5) is 1.70. The molecule has 0 atom stereocenters. The lowest BCUT2D eigenvalue weighted by Gasteiger charge is -2.18. The van der Waals surface area contributed by atoms with Gasteiger partial charge in [-0.15, -0.1) is 12.4 Å². The molecule has 0 aromatic heterocycles. The van der Waals surface area contributed by atoms with Crippen LogP contribution >= 0.6 is 12.4 Å². The summed E-state index contributed by atoms with van der Waals surface area (Å²) in [7, 11) is 1.78. The Labute approximate surface area is 78.7 Å². The van der Waals surface area contributed by atoms with Crippen molar-refractivity contribution in [2.24, 2.45) is 5.73 Å². The molecule has 0 amide bonds. The molecule has 0 bridgehead atoms. The highest BCUT2D eigenvalue weighted by Gasteiger charge is 2.01. The van der Waals surface area contributed by atoms with E-state index < -0.39 is 0 Å². The molecule has 72 valence electrons. The Bertz CT molecular complexity index is 158. The third-order valence-electron chi connectivity index (χ3n) is 1.19. The molecule has 6 heteroatoms. The number of nitrogens with one attached hydrogen (secondary N) is 3. The van der Waals surface area contributed by atoms with E-state index >= 15 is 0 Å². The zero-order chi connectivity index (χ0) is 8.85. The molecule has 0 aromatic rings. The predicted octanol–water partition coefficient (Wildman–Crippen LogP) is 0.168. The van der Waals surface area contributed by atoms with Crippen LogP contribution in [-0.4, -0.2) is 30.4 Å². The molecular formula is C6H16ClN5. The SMILES string of the molecule is CCCN(C)C(=N)NC(=N)N.Cl. The normalized spacial score (nSPS) is 8.17. The molecule has 0 saturated carbocycles.